The molecule has 0 saturated carbocycles. The van der Waals surface area contributed by atoms with Crippen molar-refractivity contribution < 1.29 is 59.2 Å². The minimum atomic E-state index is -1.33. The van der Waals surface area contributed by atoms with Crippen LogP contribution in [0.1, 0.15) is 93.4 Å². The average molecular weight is 704 g/mol. The summed E-state index contributed by atoms with van der Waals surface area (Å²) in [6.45, 7) is 15.0. The number of hydrogen-bond donors (Lipinski definition) is 4. The van der Waals surface area contributed by atoms with E-state index in [2.05, 4.69) is 39.9 Å². The molecule has 8 bridgehead atoms. The van der Waals surface area contributed by atoms with Gasteiger partial charge in [0.2, 0.25) is 0 Å². The second kappa shape index (κ2) is 15.6. The van der Waals surface area contributed by atoms with Crippen molar-refractivity contribution in [2.24, 2.45) is 32.7 Å². The van der Waals surface area contributed by atoms with Crippen LogP contribution in [0.2, 0.25) is 0 Å². The number of hydrogen-bond acceptors (Lipinski definition) is 8. The van der Waals surface area contributed by atoms with Gasteiger partial charge in [-0.1, -0.05) is 40.0 Å². The Hall–Kier alpha value is -3.57. The van der Waals surface area contributed by atoms with Gasteiger partial charge in [0.15, 0.2) is 0 Å². The minimum absolute atomic E-state index is 0. The molecule has 1 saturated heterocycles. The summed E-state index contributed by atoms with van der Waals surface area (Å²) in [6.07, 6.45) is 11.1. The smallest absolute Gasteiger partial charge is 0.510 e. The number of rotatable bonds is 12. The molecule has 0 spiro atoms. The van der Waals surface area contributed by atoms with E-state index in [-0.39, 0.29) is 66.1 Å². The first-order chi connectivity index (χ1) is 23.9. The van der Waals surface area contributed by atoms with Crippen molar-refractivity contribution >= 4 is 29.1 Å². The summed E-state index contributed by atoms with van der Waals surface area (Å²) in [5, 5.41) is 35.1. The maximum Gasteiger partial charge on any atom is 1.00 e. The van der Waals surface area contributed by atoms with Gasteiger partial charge in [-0.2, -0.15) is 0 Å². The molecule has 0 aromatic rings. The van der Waals surface area contributed by atoms with Gasteiger partial charge in [0.25, 0.3) is 0 Å². The van der Waals surface area contributed by atoms with Crippen molar-refractivity contribution in [3.05, 3.63) is 91.5 Å². The number of carbonyl (C=O) groups is 2. The molecule has 1 aliphatic carbocycles. The minimum Gasteiger partial charge on any atom is -0.510 e. The van der Waals surface area contributed by atoms with Crippen molar-refractivity contribution in [2.45, 2.75) is 99.5 Å². The van der Waals surface area contributed by atoms with Crippen LogP contribution in [0.25, 0.3) is 0 Å². The Kier molecular flexibility index (Phi) is 11.8. The second-order valence-corrected chi connectivity index (χ2v) is 14.0. The van der Waals surface area contributed by atoms with Gasteiger partial charge in [0.1, 0.15) is 11.7 Å². The molecule has 0 aromatic heterocycles. The zero-order valence-corrected chi connectivity index (χ0v) is 33.1. The van der Waals surface area contributed by atoms with Gasteiger partial charge in [-0.3, -0.25) is 9.59 Å². The quantitative estimate of drug-likeness (QED) is 0.168. The standard InChI is InChI=1S/C40H48N4O6.Na/c1-8-10-11-12-15-50-23(7)33-21(5)28-16-27-20(4)25(13-14-32(45)46)37(43-27)35-36(40(48)49)39(47)34-22(6)29(44-38(34)35)17-30-24(9-2)19(3)26(41-30)18-31(33)42-28;/h16-18,20,23,25,36,43,47H,8-15H2,1-7H3,(H,45,46)(H,48,49);/q;+1/t20-,23?,25-,36?;/m0./s1. The molecule has 5 heterocycles. The molecule has 0 amide bonds. The van der Waals surface area contributed by atoms with Crippen molar-refractivity contribution in [3.63, 3.8) is 0 Å². The van der Waals surface area contributed by atoms with E-state index in [0.29, 0.717) is 40.4 Å². The van der Waals surface area contributed by atoms with Crippen LogP contribution in [0.3, 0.4) is 0 Å². The molecule has 264 valence electrons. The SMILES string of the molecule is CCCCCCOC(C)C1=C(C)C2=NC1=CC1=NC(=CC3=C(C)C4=C(O)C(C(=O)O)C(=C5NC(=C2)[C@@H](C)[C@@H]5CCC(=O)O)C4=N3)C(CC)=C1C.[Na+]. The van der Waals surface area contributed by atoms with Gasteiger partial charge in [0.05, 0.1) is 40.3 Å². The van der Waals surface area contributed by atoms with Crippen LogP contribution < -0.4 is 34.9 Å². The van der Waals surface area contributed by atoms with Crippen LogP contribution in [0.4, 0.5) is 0 Å². The number of aliphatic imine (C=N–C) groups is 3. The molecule has 6 rings (SSSR count). The number of carboxylic acid groups (broad SMARTS) is 2. The number of aliphatic hydroxyl groups is 1. The number of nitrogens with zero attached hydrogens (tertiary/aromatic N) is 3. The maximum atomic E-state index is 12.8. The topological polar surface area (TPSA) is 153 Å². The Morgan fingerprint density at radius 1 is 0.941 bits per heavy atom. The Morgan fingerprint density at radius 3 is 2.31 bits per heavy atom. The van der Waals surface area contributed by atoms with Gasteiger partial charge < -0.3 is 25.4 Å². The average Bonchev–Trinajstić information content (AvgIpc) is 3.80. The van der Waals surface area contributed by atoms with Crippen molar-refractivity contribution in [3.8, 4) is 0 Å². The molecule has 6 aliphatic rings. The van der Waals surface area contributed by atoms with E-state index in [1.807, 2.05) is 32.1 Å². The van der Waals surface area contributed by atoms with E-state index in [1.54, 1.807) is 0 Å². The van der Waals surface area contributed by atoms with Crippen LogP contribution >= 0.6 is 0 Å². The monoisotopic (exact) mass is 703 g/mol. The summed E-state index contributed by atoms with van der Waals surface area (Å²) in [7, 11) is 0. The number of allylic oxidation sites excluding steroid dienone is 10. The van der Waals surface area contributed by atoms with E-state index >= 15 is 0 Å². The molecule has 11 heteroatoms. The zero-order valence-electron chi connectivity index (χ0n) is 31.1. The fourth-order valence-corrected chi connectivity index (χ4v) is 8.07. The van der Waals surface area contributed by atoms with Crippen LogP contribution in [0, 0.1) is 17.8 Å². The molecular weight excluding hydrogens is 655 g/mol. The third-order valence-electron chi connectivity index (χ3n) is 10.9. The first kappa shape index (κ1) is 38.7. The van der Waals surface area contributed by atoms with E-state index in [4.69, 9.17) is 19.7 Å². The van der Waals surface area contributed by atoms with Crippen LogP contribution in [0.5, 0.6) is 0 Å². The fraction of sp³-hybridized carbons (Fsp3) is 0.475. The van der Waals surface area contributed by atoms with Gasteiger partial charge in [-0.25, -0.2) is 15.0 Å². The second-order valence-electron chi connectivity index (χ2n) is 14.0. The number of unbranched alkanes of at least 4 members (excludes halogenated alkanes) is 3. The molecule has 0 aromatic carbocycles. The largest absolute Gasteiger partial charge is 1.00 e. The van der Waals surface area contributed by atoms with E-state index in [9.17, 15) is 24.9 Å². The van der Waals surface area contributed by atoms with Crippen LogP contribution in [-0.2, 0) is 14.3 Å². The predicted octanol–water partition coefficient (Wildman–Crippen LogP) is 4.82. The van der Waals surface area contributed by atoms with Gasteiger partial charge in [0, 0.05) is 53.0 Å². The summed E-state index contributed by atoms with van der Waals surface area (Å²) < 4.78 is 6.40. The van der Waals surface area contributed by atoms with Crippen LogP contribution in [0.15, 0.2) is 106 Å². The van der Waals surface area contributed by atoms with Crippen molar-refractivity contribution in [1.82, 2.24) is 5.32 Å². The summed E-state index contributed by atoms with van der Waals surface area (Å²) in [5.41, 5.74) is 11.1. The van der Waals surface area contributed by atoms with Gasteiger partial charge >= 0.3 is 41.5 Å². The Morgan fingerprint density at radius 2 is 1.65 bits per heavy atom. The molecule has 51 heavy (non-hydrogen) atoms. The maximum absolute atomic E-state index is 12.8. The third kappa shape index (κ3) is 7.00. The number of nitrogens with one attached hydrogen (secondary N) is 1. The van der Waals surface area contributed by atoms with Crippen molar-refractivity contribution in [2.75, 3.05) is 6.61 Å². The van der Waals surface area contributed by atoms with E-state index in [0.717, 1.165) is 76.5 Å². The Balaban J connectivity index is 0.00000504. The normalized spacial score (nSPS) is 24.3. The Labute approximate surface area is 322 Å². The number of ether oxygens (including phenoxy) is 1. The van der Waals surface area contributed by atoms with E-state index < -0.39 is 17.9 Å². The molecule has 0 radical (unpaired) electrons. The van der Waals surface area contributed by atoms with Gasteiger partial charge in [-0.05, 0) is 87.5 Å². The van der Waals surface area contributed by atoms with Gasteiger partial charge in [-0.15, -0.1) is 0 Å². The first-order valence-electron chi connectivity index (χ1n) is 17.9. The summed E-state index contributed by atoms with van der Waals surface area (Å²) in [4.78, 5) is 39.8. The number of aliphatic hydroxyl groups excluding tert-OH is 1. The molecule has 1 fully saturated rings. The molecule has 10 nitrogen and oxygen atoms in total. The molecule has 4 atom stereocenters. The number of fused-ring (bicyclic) bond motifs is 5. The first-order valence-corrected chi connectivity index (χ1v) is 17.9. The summed E-state index contributed by atoms with van der Waals surface area (Å²) in [6, 6.07) is 0. The molecular formula is C40H48N4NaO6+. The number of carboxylic acids is 2. The number of aliphatic carboxylic acids is 2. The summed E-state index contributed by atoms with van der Waals surface area (Å²) >= 11 is 0. The Bertz CT molecular complexity index is 1910. The zero-order chi connectivity index (χ0) is 36.0. The molecule has 4 N–H and O–H groups in total. The third-order valence-corrected chi connectivity index (χ3v) is 10.9. The molecule has 5 aliphatic heterocycles. The molecule has 2 unspecified atom stereocenters. The predicted molar refractivity (Wildman–Crippen MR) is 195 cm³/mol. The fourth-order valence-electron chi connectivity index (χ4n) is 8.07. The van der Waals surface area contributed by atoms with E-state index in [1.165, 1.54) is 6.42 Å². The van der Waals surface area contributed by atoms with Crippen LogP contribution in [-0.4, -0.2) is 57.1 Å². The summed E-state index contributed by atoms with van der Waals surface area (Å²) in [5.74, 6) is -4.26. The van der Waals surface area contributed by atoms with Crippen molar-refractivity contribution in [1.29, 1.82) is 0 Å².